The lowest BCUT2D eigenvalue weighted by atomic mass is 10.1. The maximum atomic E-state index is 13.0. The second kappa shape index (κ2) is 9.45. The molecule has 1 atom stereocenters. The summed E-state index contributed by atoms with van der Waals surface area (Å²) in [6.45, 7) is 5.18. The Labute approximate surface area is 181 Å². The minimum Gasteiger partial charge on any atom is -0.484 e. The number of piperazine rings is 1. The topological polar surface area (TPSA) is 82.6 Å². The quantitative estimate of drug-likeness (QED) is 0.612. The van der Waals surface area contributed by atoms with Crippen LogP contribution in [0.2, 0.25) is 0 Å². The van der Waals surface area contributed by atoms with Crippen LogP contribution in [0.5, 0.6) is 5.75 Å². The third-order valence-electron chi connectivity index (χ3n) is 5.33. The van der Waals surface area contributed by atoms with Crippen LogP contribution in [-0.2, 0) is 13.2 Å². The summed E-state index contributed by atoms with van der Waals surface area (Å²) in [5.41, 5.74) is 1.49. The van der Waals surface area contributed by atoms with Gasteiger partial charge in [0.25, 0.3) is 5.91 Å². The Morgan fingerprint density at radius 3 is 2.81 bits per heavy atom. The summed E-state index contributed by atoms with van der Waals surface area (Å²) in [6, 6.07) is 18.5. The van der Waals surface area contributed by atoms with Gasteiger partial charge in [-0.1, -0.05) is 18.2 Å². The first-order valence-electron chi connectivity index (χ1n) is 10.3. The SMILES string of the molecule is C[C@H]1CN(Cc2ccccn2)CCN1C(=O)c1ccc(COc2ccccc2C#N)o1. The lowest BCUT2D eigenvalue weighted by molar-refractivity contribution is 0.0441. The molecule has 1 aliphatic rings. The first kappa shape index (κ1) is 20.6. The third kappa shape index (κ3) is 4.93. The molecule has 31 heavy (non-hydrogen) atoms. The summed E-state index contributed by atoms with van der Waals surface area (Å²) in [6.07, 6.45) is 1.80. The van der Waals surface area contributed by atoms with Crippen LogP contribution in [0.25, 0.3) is 0 Å². The first-order chi connectivity index (χ1) is 15.1. The molecule has 0 spiro atoms. The summed E-state index contributed by atoms with van der Waals surface area (Å²) < 4.78 is 11.4. The van der Waals surface area contributed by atoms with E-state index in [0.29, 0.717) is 29.4 Å². The van der Waals surface area contributed by atoms with Gasteiger partial charge in [-0.25, -0.2) is 0 Å². The van der Waals surface area contributed by atoms with Crippen LogP contribution < -0.4 is 4.74 Å². The van der Waals surface area contributed by atoms with E-state index in [4.69, 9.17) is 14.4 Å². The molecule has 0 unspecified atom stereocenters. The Balaban J connectivity index is 1.34. The third-order valence-corrected chi connectivity index (χ3v) is 5.33. The first-order valence-corrected chi connectivity index (χ1v) is 10.3. The Morgan fingerprint density at radius 1 is 1.19 bits per heavy atom. The van der Waals surface area contributed by atoms with Crippen molar-refractivity contribution in [2.75, 3.05) is 19.6 Å². The molecule has 7 nitrogen and oxygen atoms in total. The van der Waals surface area contributed by atoms with Crippen molar-refractivity contribution in [2.24, 2.45) is 0 Å². The number of carbonyl (C=O) groups is 1. The van der Waals surface area contributed by atoms with E-state index in [1.54, 1.807) is 36.5 Å². The largest absolute Gasteiger partial charge is 0.484 e. The van der Waals surface area contributed by atoms with Crippen molar-refractivity contribution in [1.29, 1.82) is 5.26 Å². The van der Waals surface area contributed by atoms with E-state index in [1.807, 2.05) is 36.1 Å². The highest BCUT2D eigenvalue weighted by molar-refractivity contribution is 5.91. The van der Waals surface area contributed by atoms with E-state index in [9.17, 15) is 4.79 Å². The second-order valence-corrected chi connectivity index (χ2v) is 7.57. The predicted octanol–water partition coefficient (Wildman–Crippen LogP) is 3.47. The van der Waals surface area contributed by atoms with Crippen molar-refractivity contribution in [1.82, 2.24) is 14.8 Å². The van der Waals surface area contributed by atoms with Gasteiger partial charge < -0.3 is 14.1 Å². The number of amides is 1. The maximum Gasteiger partial charge on any atom is 0.289 e. The van der Waals surface area contributed by atoms with Gasteiger partial charge in [-0.15, -0.1) is 0 Å². The standard InChI is InChI=1S/C24H24N4O3/c1-18-15-27(16-20-7-4-5-11-26-20)12-13-28(18)24(29)23-10-9-21(31-23)17-30-22-8-3-2-6-19(22)14-25/h2-11,18H,12-13,15-17H2,1H3/t18-/m0/s1. The van der Waals surface area contributed by atoms with Gasteiger partial charge in [0.05, 0.1) is 11.3 Å². The Hall–Kier alpha value is -3.63. The van der Waals surface area contributed by atoms with Gasteiger partial charge in [-0.3, -0.25) is 14.7 Å². The van der Waals surface area contributed by atoms with E-state index >= 15 is 0 Å². The number of ether oxygens (including phenoxy) is 1. The zero-order valence-electron chi connectivity index (χ0n) is 17.4. The summed E-state index contributed by atoms with van der Waals surface area (Å²) >= 11 is 0. The van der Waals surface area contributed by atoms with Crippen molar-refractivity contribution in [2.45, 2.75) is 26.1 Å². The van der Waals surface area contributed by atoms with Gasteiger partial charge in [0.15, 0.2) is 5.76 Å². The molecule has 4 rings (SSSR count). The highest BCUT2D eigenvalue weighted by atomic mass is 16.5. The number of nitrogens with zero attached hydrogens (tertiary/aromatic N) is 4. The van der Waals surface area contributed by atoms with Gasteiger partial charge in [0, 0.05) is 38.4 Å². The number of rotatable bonds is 6. The molecule has 7 heteroatoms. The smallest absolute Gasteiger partial charge is 0.289 e. The number of benzene rings is 1. The Morgan fingerprint density at radius 2 is 2.03 bits per heavy atom. The molecule has 0 saturated carbocycles. The summed E-state index contributed by atoms with van der Waals surface area (Å²) in [4.78, 5) is 21.5. The molecule has 0 radical (unpaired) electrons. The Kier molecular flexibility index (Phi) is 6.29. The summed E-state index contributed by atoms with van der Waals surface area (Å²) in [5.74, 6) is 1.22. The minimum absolute atomic E-state index is 0.0669. The molecule has 1 aromatic carbocycles. The van der Waals surface area contributed by atoms with Crippen LogP contribution in [0.4, 0.5) is 0 Å². The van der Waals surface area contributed by atoms with E-state index in [-0.39, 0.29) is 18.6 Å². The number of furan rings is 1. The minimum atomic E-state index is -0.117. The van der Waals surface area contributed by atoms with Crippen molar-refractivity contribution in [3.8, 4) is 11.8 Å². The highest BCUT2D eigenvalue weighted by Gasteiger charge is 2.29. The molecule has 158 valence electrons. The number of nitriles is 1. The number of hydrogen-bond donors (Lipinski definition) is 0. The fourth-order valence-corrected chi connectivity index (χ4v) is 3.74. The molecule has 1 amide bonds. The van der Waals surface area contributed by atoms with Crippen LogP contribution in [-0.4, -0.2) is 46.4 Å². The lowest BCUT2D eigenvalue weighted by Gasteiger charge is -2.39. The molecular weight excluding hydrogens is 392 g/mol. The van der Waals surface area contributed by atoms with Gasteiger partial charge in [0.1, 0.15) is 24.2 Å². The van der Waals surface area contributed by atoms with Crippen LogP contribution in [0, 0.1) is 11.3 Å². The summed E-state index contributed by atoms with van der Waals surface area (Å²) in [5, 5.41) is 9.15. The molecule has 3 heterocycles. The number of para-hydroxylation sites is 1. The lowest BCUT2D eigenvalue weighted by Crippen LogP contribution is -2.53. The normalized spacial score (nSPS) is 16.6. The van der Waals surface area contributed by atoms with Gasteiger partial charge >= 0.3 is 0 Å². The average molecular weight is 416 g/mol. The number of carbonyl (C=O) groups excluding carboxylic acids is 1. The second-order valence-electron chi connectivity index (χ2n) is 7.57. The van der Waals surface area contributed by atoms with Crippen LogP contribution in [0.15, 0.2) is 65.2 Å². The number of aromatic nitrogens is 1. The number of hydrogen-bond acceptors (Lipinski definition) is 6. The van der Waals surface area contributed by atoms with E-state index in [1.165, 1.54) is 0 Å². The number of pyridine rings is 1. The van der Waals surface area contributed by atoms with Crippen molar-refractivity contribution < 1.29 is 13.9 Å². The molecule has 1 aliphatic heterocycles. The fourth-order valence-electron chi connectivity index (χ4n) is 3.74. The van der Waals surface area contributed by atoms with Crippen LogP contribution >= 0.6 is 0 Å². The van der Waals surface area contributed by atoms with Crippen molar-refractivity contribution >= 4 is 5.91 Å². The molecule has 2 aromatic heterocycles. The Bertz CT molecular complexity index is 1070. The van der Waals surface area contributed by atoms with E-state index in [0.717, 1.165) is 25.3 Å². The fraction of sp³-hybridized carbons (Fsp3) is 0.292. The average Bonchev–Trinajstić information content (AvgIpc) is 3.27. The van der Waals surface area contributed by atoms with Gasteiger partial charge in [-0.05, 0) is 43.3 Å². The molecule has 1 saturated heterocycles. The highest BCUT2D eigenvalue weighted by Crippen LogP contribution is 2.21. The van der Waals surface area contributed by atoms with Gasteiger partial charge in [0.2, 0.25) is 0 Å². The molecule has 0 N–H and O–H groups in total. The molecule has 3 aromatic rings. The van der Waals surface area contributed by atoms with Crippen molar-refractivity contribution in [3.05, 3.63) is 83.6 Å². The molecule has 0 aliphatic carbocycles. The molecule has 1 fully saturated rings. The zero-order valence-corrected chi connectivity index (χ0v) is 17.4. The van der Waals surface area contributed by atoms with E-state index < -0.39 is 0 Å². The van der Waals surface area contributed by atoms with Crippen LogP contribution in [0.1, 0.15) is 34.5 Å². The van der Waals surface area contributed by atoms with Gasteiger partial charge in [-0.2, -0.15) is 5.26 Å². The monoisotopic (exact) mass is 416 g/mol. The molecular formula is C24H24N4O3. The van der Waals surface area contributed by atoms with Crippen LogP contribution in [0.3, 0.4) is 0 Å². The maximum absolute atomic E-state index is 13.0. The zero-order chi connectivity index (χ0) is 21.6. The molecule has 0 bridgehead atoms. The summed E-state index contributed by atoms with van der Waals surface area (Å²) in [7, 11) is 0. The van der Waals surface area contributed by atoms with Crippen molar-refractivity contribution in [3.63, 3.8) is 0 Å². The van der Waals surface area contributed by atoms with E-state index in [2.05, 4.69) is 16.0 Å². The predicted molar refractivity (Wildman–Crippen MR) is 114 cm³/mol.